The number of nitrogens with two attached hydrogens (primary N) is 1. The SMILES string of the molecule is CN(C)CCOc1ccc(NC(=O)C2(N)CCOCC2)cc1Cl. The summed E-state index contributed by atoms with van der Waals surface area (Å²) in [5.41, 5.74) is 5.88. The number of hydrogen-bond acceptors (Lipinski definition) is 5. The van der Waals surface area contributed by atoms with Gasteiger partial charge in [0.2, 0.25) is 5.91 Å². The predicted octanol–water partition coefficient (Wildman–Crippen LogP) is 1.73. The Morgan fingerprint density at radius 3 is 2.74 bits per heavy atom. The Morgan fingerprint density at radius 2 is 2.13 bits per heavy atom. The number of anilines is 1. The summed E-state index contributed by atoms with van der Waals surface area (Å²) in [7, 11) is 3.95. The third kappa shape index (κ3) is 5.07. The van der Waals surface area contributed by atoms with Crippen molar-refractivity contribution in [1.82, 2.24) is 4.90 Å². The molecule has 1 saturated heterocycles. The van der Waals surface area contributed by atoms with Crippen LogP contribution in [0.15, 0.2) is 18.2 Å². The monoisotopic (exact) mass is 341 g/mol. The highest BCUT2D eigenvalue weighted by atomic mass is 35.5. The number of nitrogens with one attached hydrogen (secondary N) is 1. The van der Waals surface area contributed by atoms with Crippen LogP contribution in [0.5, 0.6) is 5.75 Å². The van der Waals surface area contributed by atoms with Crippen LogP contribution in [0.25, 0.3) is 0 Å². The highest BCUT2D eigenvalue weighted by Gasteiger charge is 2.35. The molecule has 0 spiro atoms. The molecule has 6 nitrogen and oxygen atoms in total. The van der Waals surface area contributed by atoms with E-state index in [1.807, 2.05) is 19.0 Å². The third-order valence-electron chi connectivity index (χ3n) is 3.82. The van der Waals surface area contributed by atoms with Crippen LogP contribution in [0.4, 0.5) is 5.69 Å². The van der Waals surface area contributed by atoms with Crippen molar-refractivity contribution in [1.29, 1.82) is 0 Å². The number of amides is 1. The van der Waals surface area contributed by atoms with Crippen molar-refractivity contribution >= 4 is 23.2 Å². The topological polar surface area (TPSA) is 76.8 Å². The van der Waals surface area contributed by atoms with Crippen molar-refractivity contribution in [3.8, 4) is 5.75 Å². The maximum Gasteiger partial charge on any atom is 0.244 e. The zero-order valence-corrected chi connectivity index (χ0v) is 14.4. The number of carbonyl (C=O) groups excluding carboxylic acids is 1. The molecule has 2 rings (SSSR count). The molecule has 0 aliphatic carbocycles. The second-order valence-corrected chi connectivity index (χ2v) is 6.43. The lowest BCUT2D eigenvalue weighted by Crippen LogP contribution is -2.54. The molecule has 1 heterocycles. The molecule has 0 radical (unpaired) electrons. The molecule has 128 valence electrons. The van der Waals surface area contributed by atoms with Crippen LogP contribution in [0.2, 0.25) is 5.02 Å². The molecular weight excluding hydrogens is 318 g/mol. The summed E-state index contributed by atoms with van der Waals surface area (Å²) in [6, 6.07) is 5.19. The second-order valence-electron chi connectivity index (χ2n) is 6.02. The highest BCUT2D eigenvalue weighted by Crippen LogP contribution is 2.28. The van der Waals surface area contributed by atoms with Gasteiger partial charge in [-0.3, -0.25) is 4.79 Å². The summed E-state index contributed by atoms with van der Waals surface area (Å²) in [6.07, 6.45) is 1.02. The summed E-state index contributed by atoms with van der Waals surface area (Å²) < 4.78 is 10.9. The summed E-state index contributed by atoms with van der Waals surface area (Å²) in [5.74, 6) is 0.387. The minimum atomic E-state index is -0.883. The minimum absolute atomic E-state index is 0.210. The molecule has 0 bridgehead atoms. The van der Waals surface area contributed by atoms with E-state index >= 15 is 0 Å². The van der Waals surface area contributed by atoms with Crippen LogP contribution < -0.4 is 15.8 Å². The molecule has 1 aliphatic heterocycles. The van der Waals surface area contributed by atoms with Crippen molar-refractivity contribution in [2.75, 3.05) is 45.8 Å². The zero-order chi connectivity index (χ0) is 16.9. The fraction of sp³-hybridized carbons (Fsp3) is 0.562. The van der Waals surface area contributed by atoms with Crippen molar-refractivity contribution in [3.63, 3.8) is 0 Å². The number of rotatable bonds is 6. The fourth-order valence-electron chi connectivity index (χ4n) is 2.25. The largest absolute Gasteiger partial charge is 0.491 e. The predicted molar refractivity (Wildman–Crippen MR) is 91.1 cm³/mol. The van der Waals surface area contributed by atoms with Gasteiger partial charge in [-0.1, -0.05) is 11.6 Å². The van der Waals surface area contributed by atoms with Crippen molar-refractivity contribution in [2.24, 2.45) is 5.73 Å². The lowest BCUT2D eigenvalue weighted by molar-refractivity contribution is -0.124. The summed E-state index contributed by atoms with van der Waals surface area (Å²) in [5, 5.41) is 3.28. The maximum absolute atomic E-state index is 12.4. The average molecular weight is 342 g/mol. The van der Waals surface area contributed by atoms with Gasteiger partial charge in [0.25, 0.3) is 0 Å². The van der Waals surface area contributed by atoms with E-state index in [-0.39, 0.29) is 5.91 Å². The van der Waals surface area contributed by atoms with Gasteiger partial charge < -0.3 is 25.4 Å². The molecule has 1 aromatic rings. The average Bonchev–Trinajstić information content (AvgIpc) is 2.50. The molecule has 3 N–H and O–H groups in total. The number of likely N-dealkylation sites (N-methyl/N-ethyl adjacent to an activating group) is 1. The first-order valence-electron chi connectivity index (χ1n) is 7.66. The number of halogens is 1. The molecule has 7 heteroatoms. The highest BCUT2D eigenvalue weighted by molar-refractivity contribution is 6.32. The van der Waals surface area contributed by atoms with Crippen LogP contribution >= 0.6 is 11.6 Å². The summed E-state index contributed by atoms with van der Waals surface area (Å²) in [6.45, 7) is 2.35. The van der Waals surface area contributed by atoms with Gasteiger partial charge in [0.15, 0.2) is 0 Å². The first-order valence-corrected chi connectivity index (χ1v) is 8.04. The third-order valence-corrected chi connectivity index (χ3v) is 4.12. The Labute approximate surface area is 141 Å². The lowest BCUT2D eigenvalue weighted by atomic mass is 9.90. The Morgan fingerprint density at radius 1 is 1.43 bits per heavy atom. The zero-order valence-electron chi connectivity index (χ0n) is 13.6. The smallest absolute Gasteiger partial charge is 0.244 e. The molecule has 23 heavy (non-hydrogen) atoms. The number of hydrogen-bond donors (Lipinski definition) is 2. The number of ether oxygens (including phenoxy) is 2. The summed E-state index contributed by atoms with van der Waals surface area (Å²) >= 11 is 6.21. The normalized spacial score (nSPS) is 17.1. The van der Waals surface area contributed by atoms with E-state index in [0.717, 1.165) is 6.54 Å². The Kier molecular flexibility index (Phi) is 6.24. The molecule has 0 aromatic heterocycles. The minimum Gasteiger partial charge on any atom is -0.491 e. The van der Waals surface area contributed by atoms with Gasteiger partial charge in [0, 0.05) is 25.4 Å². The van der Waals surface area contributed by atoms with E-state index in [1.54, 1.807) is 18.2 Å². The van der Waals surface area contributed by atoms with E-state index in [1.165, 1.54) is 0 Å². The number of carbonyl (C=O) groups is 1. The van der Waals surface area contributed by atoms with Gasteiger partial charge in [-0.15, -0.1) is 0 Å². The van der Waals surface area contributed by atoms with Crippen LogP contribution in [-0.2, 0) is 9.53 Å². The molecule has 1 aliphatic rings. The first kappa shape index (κ1) is 18.0. The van der Waals surface area contributed by atoms with Crippen LogP contribution in [-0.4, -0.2) is 56.8 Å². The Hall–Kier alpha value is -1.34. The van der Waals surface area contributed by atoms with Crippen LogP contribution in [0.3, 0.4) is 0 Å². The maximum atomic E-state index is 12.4. The lowest BCUT2D eigenvalue weighted by Gasteiger charge is -2.31. The fourth-order valence-corrected chi connectivity index (χ4v) is 2.49. The van der Waals surface area contributed by atoms with Gasteiger partial charge >= 0.3 is 0 Å². The molecule has 1 amide bonds. The van der Waals surface area contributed by atoms with Gasteiger partial charge in [-0.2, -0.15) is 0 Å². The molecule has 0 unspecified atom stereocenters. The molecule has 1 aromatic carbocycles. The standard InChI is InChI=1S/C16H24ClN3O3/c1-20(2)7-10-23-14-4-3-12(11-13(14)17)19-15(21)16(18)5-8-22-9-6-16/h3-4,11H,5-10,18H2,1-2H3,(H,19,21). The molecule has 0 atom stereocenters. The quantitative estimate of drug-likeness (QED) is 0.824. The van der Waals surface area contributed by atoms with Gasteiger partial charge in [0.1, 0.15) is 17.9 Å². The van der Waals surface area contributed by atoms with Gasteiger partial charge in [0.05, 0.1) is 5.02 Å². The van der Waals surface area contributed by atoms with Crippen LogP contribution in [0.1, 0.15) is 12.8 Å². The van der Waals surface area contributed by atoms with Crippen LogP contribution in [0, 0.1) is 0 Å². The first-order chi connectivity index (χ1) is 10.9. The van der Waals surface area contributed by atoms with E-state index in [0.29, 0.717) is 49.1 Å². The van der Waals surface area contributed by atoms with Gasteiger partial charge in [-0.05, 0) is 45.1 Å². The Balaban J connectivity index is 1.95. The van der Waals surface area contributed by atoms with Gasteiger partial charge in [-0.25, -0.2) is 0 Å². The van der Waals surface area contributed by atoms with E-state index in [2.05, 4.69) is 5.32 Å². The molecule has 0 saturated carbocycles. The second kappa shape index (κ2) is 7.97. The molecular formula is C16H24ClN3O3. The van der Waals surface area contributed by atoms with E-state index in [9.17, 15) is 4.79 Å². The Bertz CT molecular complexity index is 545. The number of nitrogens with zero attached hydrogens (tertiary/aromatic N) is 1. The van der Waals surface area contributed by atoms with Crippen molar-refractivity contribution < 1.29 is 14.3 Å². The van der Waals surface area contributed by atoms with E-state index < -0.39 is 5.54 Å². The molecule has 1 fully saturated rings. The van der Waals surface area contributed by atoms with Crippen molar-refractivity contribution in [2.45, 2.75) is 18.4 Å². The van der Waals surface area contributed by atoms with Crippen molar-refractivity contribution in [3.05, 3.63) is 23.2 Å². The summed E-state index contributed by atoms with van der Waals surface area (Å²) in [4.78, 5) is 14.4. The van der Waals surface area contributed by atoms with E-state index in [4.69, 9.17) is 26.8 Å². The number of benzene rings is 1.